The molecule has 3 rings (SSSR count). The van der Waals surface area contributed by atoms with Gasteiger partial charge in [-0.05, 0) is 49.4 Å². The normalized spacial score (nSPS) is 16.6. The minimum Gasteiger partial charge on any atom is -0.381 e. The first-order valence-corrected chi connectivity index (χ1v) is 8.23. The zero-order valence-electron chi connectivity index (χ0n) is 13.0. The summed E-state index contributed by atoms with van der Waals surface area (Å²) in [6.45, 7) is 7.23. The molecule has 0 aliphatic carbocycles. The maximum Gasteiger partial charge on any atom is 0.0483 e. The Morgan fingerprint density at radius 1 is 1.24 bits per heavy atom. The van der Waals surface area contributed by atoms with Crippen molar-refractivity contribution in [1.82, 2.24) is 9.88 Å². The fourth-order valence-corrected chi connectivity index (χ4v) is 3.21. The maximum absolute atomic E-state index is 5.46. The van der Waals surface area contributed by atoms with Crippen LogP contribution in [-0.2, 0) is 17.8 Å². The second kappa shape index (κ2) is 7.10. The number of ether oxygens (including phenoxy) is 1. The van der Waals surface area contributed by atoms with Crippen molar-refractivity contribution in [3.63, 3.8) is 0 Å². The van der Waals surface area contributed by atoms with E-state index in [1.165, 1.54) is 35.7 Å². The largest absolute Gasteiger partial charge is 0.381 e. The molecule has 21 heavy (non-hydrogen) atoms. The van der Waals surface area contributed by atoms with Gasteiger partial charge in [0.2, 0.25) is 0 Å². The number of nitrogens with zero attached hydrogens (tertiary/aromatic N) is 1. The molecular weight excluding hydrogens is 260 g/mol. The lowest BCUT2D eigenvalue weighted by molar-refractivity contribution is 0.0616. The van der Waals surface area contributed by atoms with Gasteiger partial charge in [-0.2, -0.15) is 0 Å². The third-order valence-electron chi connectivity index (χ3n) is 4.44. The predicted molar refractivity (Wildman–Crippen MR) is 87.5 cm³/mol. The van der Waals surface area contributed by atoms with Gasteiger partial charge in [0.05, 0.1) is 0 Å². The van der Waals surface area contributed by atoms with Crippen LogP contribution in [-0.4, -0.2) is 24.3 Å². The van der Waals surface area contributed by atoms with Crippen LogP contribution in [0, 0.1) is 5.92 Å². The second-order valence-corrected chi connectivity index (χ2v) is 6.05. The van der Waals surface area contributed by atoms with E-state index in [2.05, 4.69) is 47.3 Å². The molecule has 0 saturated carbocycles. The van der Waals surface area contributed by atoms with Crippen molar-refractivity contribution in [1.29, 1.82) is 0 Å². The Balaban J connectivity index is 1.76. The Bertz CT molecular complexity index is 570. The molecular formula is C18H26N2O. The van der Waals surface area contributed by atoms with E-state index in [9.17, 15) is 0 Å². The third-order valence-corrected chi connectivity index (χ3v) is 4.44. The number of nitrogens with one attached hydrogen (secondary N) is 1. The number of hydrogen-bond donors (Lipinski definition) is 1. The van der Waals surface area contributed by atoms with Crippen molar-refractivity contribution in [3.8, 4) is 0 Å². The van der Waals surface area contributed by atoms with Crippen LogP contribution in [0.4, 0.5) is 0 Å². The molecule has 0 unspecified atom stereocenters. The van der Waals surface area contributed by atoms with Crippen LogP contribution in [0.3, 0.4) is 0 Å². The molecule has 1 N–H and O–H groups in total. The standard InChI is InChI=1S/C18H26N2O/c1-2-9-19-13-16-4-3-5-18-17(16)6-10-20(18)14-15-7-11-21-12-8-15/h3-6,10,15,19H,2,7-9,11-14H2,1H3. The summed E-state index contributed by atoms with van der Waals surface area (Å²) < 4.78 is 7.89. The lowest BCUT2D eigenvalue weighted by Crippen LogP contribution is -2.20. The molecule has 0 spiro atoms. The van der Waals surface area contributed by atoms with Crippen LogP contribution >= 0.6 is 0 Å². The lowest BCUT2D eigenvalue weighted by atomic mass is 10.0. The summed E-state index contributed by atoms with van der Waals surface area (Å²) in [7, 11) is 0. The van der Waals surface area contributed by atoms with E-state index < -0.39 is 0 Å². The second-order valence-electron chi connectivity index (χ2n) is 6.05. The molecule has 1 aromatic carbocycles. The van der Waals surface area contributed by atoms with Crippen LogP contribution in [0.2, 0.25) is 0 Å². The van der Waals surface area contributed by atoms with Crippen LogP contribution in [0.15, 0.2) is 30.5 Å². The molecule has 0 radical (unpaired) electrons. The molecule has 3 nitrogen and oxygen atoms in total. The van der Waals surface area contributed by atoms with E-state index in [1.54, 1.807) is 0 Å². The summed E-state index contributed by atoms with van der Waals surface area (Å²) >= 11 is 0. The molecule has 3 heteroatoms. The summed E-state index contributed by atoms with van der Waals surface area (Å²) in [6.07, 6.45) is 5.82. The van der Waals surface area contributed by atoms with E-state index >= 15 is 0 Å². The first kappa shape index (κ1) is 14.6. The molecule has 2 heterocycles. The number of aromatic nitrogens is 1. The van der Waals surface area contributed by atoms with Gasteiger partial charge in [0.25, 0.3) is 0 Å². The van der Waals surface area contributed by atoms with Crippen molar-refractivity contribution in [2.24, 2.45) is 5.92 Å². The zero-order chi connectivity index (χ0) is 14.5. The number of hydrogen-bond acceptors (Lipinski definition) is 2. The van der Waals surface area contributed by atoms with Gasteiger partial charge in [0, 0.05) is 43.4 Å². The average molecular weight is 286 g/mol. The molecule has 114 valence electrons. The van der Waals surface area contributed by atoms with Crippen LogP contribution in [0.5, 0.6) is 0 Å². The summed E-state index contributed by atoms with van der Waals surface area (Å²) in [5, 5.41) is 4.90. The minimum absolute atomic E-state index is 0.760. The quantitative estimate of drug-likeness (QED) is 0.822. The fraction of sp³-hybridized carbons (Fsp3) is 0.556. The zero-order valence-corrected chi connectivity index (χ0v) is 13.0. The third kappa shape index (κ3) is 3.47. The Morgan fingerprint density at radius 2 is 2.10 bits per heavy atom. The first-order chi connectivity index (χ1) is 10.4. The Kier molecular flexibility index (Phi) is 4.94. The van der Waals surface area contributed by atoms with Gasteiger partial charge in [-0.1, -0.05) is 19.1 Å². The van der Waals surface area contributed by atoms with Crippen LogP contribution in [0.1, 0.15) is 31.7 Å². The molecule has 1 aliphatic heterocycles. The smallest absolute Gasteiger partial charge is 0.0483 e. The van der Waals surface area contributed by atoms with Gasteiger partial charge in [0.1, 0.15) is 0 Å². The van der Waals surface area contributed by atoms with Gasteiger partial charge >= 0.3 is 0 Å². The van der Waals surface area contributed by atoms with E-state index in [0.717, 1.165) is 38.8 Å². The van der Waals surface area contributed by atoms with Crippen LogP contribution in [0.25, 0.3) is 10.9 Å². The summed E-state index contributed by atoms with van der Waals surface area (Å²) in [4.78, 5) is 0. The van der Waals surface area contributed by atoms with Gasteiger partial charge < -0.3 is 14.6 Å². The highest BCUT2D eigenvalue weighted by atomic mass is 16.5. The molecule has 1 aliphatic rings. The van der Waals surface area contributed by atoms with Crippen molar-refractivity contribution >= 4 is 10.9 Å². The SMILES string of the molecule is CCCNCc1cccc2c1ccn2CC1CCOCC1. The Labute approximate surface area is 127 Å². The number of benzene rings is 1. The summed E-state index contributed by atoms with van der Waals surface area (Å²) in [5.41, 5.74) is 2.78. The highest BCUT2D eigenvalue weighted by molar-refractivity contribution is 5.83. The van der Waals surface area contributed by atoms with Crippen molar-refractivity contribution in [2.45, 2.75) is 39.3 Å². The highest BCUT2D eigenvalue weighted by Crippen LogP contribution is 2.24. The van der Waals surface area contributed by atoms with Gasteiger partial charge in [0.15, 0.2) is 0 Å². The molecule has 1 aromatic heterocycles. The molecule has 0 bridgehead atoms. The van der Waals surface area contributed by atoms with Crippen molar-refractivity contribution in [3.05, 3.63) is 36.0 Å². The highest BCUT2D eigenvalue weighted by Gasteiger charge is 2.15. The van der Waals surface area contributed by atoms with Crippen molar-refractivity contribution in [2.75, 3.05) is 19.8 Å². The molecule has 1 fully saturated rings. The summed E-state index contributed by atoms with van der Waals surface area (Å²) in [6, 6.07) is 8.95. The van der Waals surface area contributed by atoms with E-state index in [-0.39, 0.29) is 0 Å². The van der Waals surface area contributed by atoms with Gasteiger partial charge in [-0.3, -0.25) is 0 Å². The fourth-order valence-electron chi connectivity index (χ4n) is 3.21. The molecule has 0 amide bonds. The first-order valence-electron chi connectivity index (χ1n) is 8.23. The summed E-state index contributed by atoms with van der Waals surface area (Å²) in [5.74, 6) is 0.760. The van der Waals surface area contributed by atoms with Crippen molar-refractivity contribution < 1.29 is 4.74 Å². The van der Waals surface area contributed by atoms with E-state index in [4.69, 9.17) is 4.74 Å². The average Bonchev–Trinajstić information content (AvgIpc) is 2.93. The molecule has 0 atom stereocenters. The minimum atomic E-state index is 0.760. The van der Waals surface area contributed by atoms with E-state index in [0.29, 0.717) is 0 Å². The van der Waals surface area contributed by atoms with Crippen LogP contribution < -0.4 is 5.32 Å². The number of rotatable bonds is 6. The molecule has 2 aromatic rings. The molecule has 1 saturated heterocycles. The monoisotopic (exact) mass is 286 g/mol. The topological polar surface area (TPSA) is 26.2 Å². The van der Waals surface area contributed by atoms with Gasteiger partial charge in [-0.25, -0.2) is 0 Å². The van der Waals surface area contributed by atoms with Gasteiger partial charge in [-0.15, -0.1) is 0 Å². The Hall–Kier alpha value is -1.32. The number of fused-ring (bicyclic) bond motifs is 1. The Morgan fingerprint density at radius 3 is 2.90 bits per heavy atom. The predicted octanol–water partition coefficient (Wildman–Crippen LogP) is 3.57. The lowest BCUT2D eigenvalue weighted by Gasteiger charge is -2.22. The van der Waals surface area contributed by atoms with E-state index in [1.807, 2.05) is 0 Å². The maximum atomic E-state index is 5.46.